The Morgan fingerprint density at radius 1 is 0.481 bits per heavy atom. The summed E-state index contributed by atoms with van der Waals surface area (Å²) in [5.41, 5.74) is 0. The van der Waals surface area contributed by atoms with Gasteiger partial charge >= 0.3 is 0 Å². The van der Waals surface area contributed by atoms with Crippen LogP contribution < -0.4 is 5.32 Å². The highest BCUT2D eigenvalue weighted by Crippen LogP contribution is 2.17. The van der Waals surface area contributed by atoms with Crippen molar-refractivity contribution in [3.05, 3.63) is 24.3 Å². The van der Waals surface area contributed by atoms with Crippen LogP contribution in [-0.2, 0) is 4.79 Å². The molecular weight excluding hydrogens is 667 g/mol. The van der Waals surface area contributed by atoms with Crippen molar-refractivity contribution in [3.63, 3.8) is 0 Å². The fourth-order valence-electron chi connectivity index (χ4n) is 7.61. The number of allylic oxidation sites excluding steroid dienone is 4. The van der Waals surface area contributed by atoms with E-state index in [1.165, 1.54) is 186 Å². The largest absolute Gasteiger partial charge is 0.394 e. The third-order valence-electron chi connectivity index (χ3n) is 11.3. The van der Waals surface area contributed by atoms with Crippen molar-refractivity contribution in [3.8, 4) is 0 Å². The van der Waals surface area contributed by atoms with Crippen molar-refractivity contribution >= 4 is 5.91 Å². The van der Waals surface area contributed by atoms with Crippen LogP contribution in [0.3, 0.4) is 0 Å². The maximum absolute atomic E-state index is 12.5. The first-order valence-corrected chi connectivity index (χ1v) is 24.1. The average Bonchev–Trinajstić information content (AvgIpc) is 3.18. The molecule has 0 heterocycles. The van der Waals surface area contributed by atoms with Gasteiger partial charge in [0.1, 0.15) is 6.10 Å². The zero-order valence-corrected chi connectivity index (χ0v) is 36.4. The van der Waals surface area contributed by atoms with E-state index in [1.807, 2.05) is 0 Å². The lowest BCUT2D eigenvalue weighted by Gasteiger charge is -2.26. The van der Waals surface area contributed by atoms with E-state index in [-0.39, 0.29) is 12.5 Å². The summed E-state index contributed by atoms with van der Waals surface area (Å²) in [5.74, 6) is -0.143. The minimum absolute atomic E-state index is 0.143. The molecule has 3 unspecified atom stereocenters. The Morgan fingerprint density at radius 2 is 0.852 bits per heavy atom. The van der Waals surface area contributed by atoms with E-state index >= 15 is 0 Å². The highest BCUT2D eigenvalue weighted by atomic mass is 16.3. The lowest BCUT2D eigenvalue weighted by molar-refractivity contribution is -0.124. The molecule has 0 aliphatic carbocycles. The molecule has 0 saturated heterocycles. The molecule has 0 rings (SSSR count). The van der Waals surface area contributed by atoms with Crippen LogP contribution >= 0.6 is 0 Å². The quantitative estimate of drug-likeness (QED) is 0.0368. The molecule has 5 heteroatoms. The minimum Gasteiger partial charge on any atom is -0.394 e. The van der Waals surface area contributed by atoms with Gasteiger partial charge in [0.05, 0.1) is 18.8 Å². The predicted molar refractivity (Wildman–Crippen MR) is 236 cm³/mol. The molecule has 0 fully saturated rings. The van der Waals surface area contributed by atoms with Crippen molar-refractivity contribution in [1.29, 1.82) is 0 Å². The Bertz CT molecular complexity index is 799. The van der Waals surface area contributed by atoms with E-state index in [1.54, 1.807) is 0 Å². The van der Waals surface area contributed by atoms with Crippen LogP contribution in [0.4, 0.5) is 0 Å². The van der Waals surface area contributed by atoms with E-state index in [4.69, 9.17) is 0 Å². The lowest BCUT2D eigenvalue weighted by Crippen LogP contribution is -2.50. The number of aliphatic hydroxyl groups excluding tert-OH is 3. The summed E-state index contributed by atoms with van der Waals surface area (Å²) in [6.07, 6.45) is 54.4. The molecule has 0 aromatic heterocycles. The summed E-state index contributed by atoms with van der Waals surface area (Å²) < 4.78 is 0. The number of amides is 1. The number of carbonyl (C=O) groups excluding carboxylic acids is 1. The molecule has 0 aromatic carbocycles. The number of carbonyl (C=O) groups is 1. The third-order valence-corrected chi connectivity index (χ3v) is 11.3. The van der Waals surface area contributed by atoms with Crippen LogP contribution in [0.15, 0.2) is 24.3 Å². The molecule has 3 atom stereocenters. The van der Waals surface area contributed by atoms with Crippen LogP contribution in [0.2, 0.25) is 0 Å². The number of rotatable bonds is 44. The van der Waals surface area contributed by atoms with Gasteiger partial charge in [-0.3, -0.25) is 4.79 Å². The molecule has 5 nitrogen and oxygen atoms in total. The van der Waals surface area contributed by atoms with E-state index in [0.29, 0.717) is 12.8 Å². The summed E-state index contributed by atoms with van der Waals surface area (Å²) >= 11 is 0. The van der Waals surface area contributed by atoms with Gasteiger partial charge in [-0.2, -0.15) is 0 Å². The molecule has 1 amide bonds. The maximum atomic E-state index is 12.5. The Labute approximate surface area is 337 Å². The Balaban J connectivity index is 3.57. The normalized spacial score (nSPS) is 13.6. The standard InChI is InChI=1S/C49H95NO4/c1-3-5-7-9-11-13-15-17-19-21-23-24-26-28-30-32-34-36-38-40-42-44-48(53)50-46(45-51)49(54)47(52)43-41-39-37-35-33-31-29-27-25-22-20-18-16-14-12-10-8-6-4-2/h5,7,11,13,46-47,49,51-52,54H,3-4,6,8-10,12,14-45H2,1-2H3,(H,50,53)/b7-5-,13-11-. The van der Waals surface area contributed by atoms with Crippen molar-refractivity contribution < 1.29 is 20.1 Å². The summed E-state index contributed by atoms with van der Waals surface area (Å²) in [6.45, 7) is 4.10. The van der Waals surface area contributed by atoms with Gasteiger partial charge in [-0.15, -0.1) is 0 Å². The Hall–Kier alpha value is -1.17. The number of aliphatic hydroxyl groups is 3. The molecule has 0 aliphatic rings. The van der Waals surface area contributed by atoms with Crippen LogP contribution in [-0.4, -0.2) is 46.1 Å². The number of unbranched alkanes of at least 4 members (excludes halogenated alkanes) is 32. The van der Waals surface area contributed by atoms with Crippen molar-refractivity contribution in [2.24, 2.45) is 0 Å². The Morgan fingerprint density at radius 3 is 1.26 bits per heavy atom. The van der Waals surface area contributed by atoms with E-state index < -0.39 is 18.2 Å². The molecule has 0 aliphatic heterocycles. The number of hydrogen-bond donors (Lipinski definition) is 4. The fraction of sp³-hybridized carbons (Fsp3) is 0.898. The molecule has 0 spiro atoms. The van der Waals surface area contributed by atoms with Gasteiger partial charge in [-0.25, -0.2) is 0 Å². The zero-order valence-electron chi connectivity index (χ0n) is 36.4. The average molecular weight is 762 g/mol. The van der Waals surface area contributed by atoms with Gasteiger partial charge in [-0.1, -0.05) is 237 Å². The maximum Gasteiger partial charge on any atom is 0.220 e. The van der Waals surface area contributed by atoms with Gasteiger partial charge < -0.3 is 20.6 Å². The van der Waals surface area contributed by atoms with E-state index in [0.717, 1.165) is 44.9 Å². The molecule has 0 bridgehead atoms. The first-order valence-electron chi connectivity index (χ1n) is 24.1. The van der Waals surface area contributed by atoms with Gasteiger partial charge in [0, 0.05) is 6.42 Å². The second kappa shape index (κ2) is 44.5. The summed E-state index contributed by atoms with van der Waals surface area (Å²) in [7, 11) is 0. The summed E-state index contributed by atoms with van der Waals surface area (Å²) in [6, 6.07) is -0.807. The molecule has 320 valence electrons. The van der Waals surface area contributed by atoms with Gasteiger partial charge in [0.2, 0.25) is 5.91 Å². The van der Waals surface area contributed by atoms with Crippen molar-refractivity contribution in [2.45, 2.75) is 276 Å². The first-order chi connectivity index (χ1) is 26.6. The molecule has 0 aromatic rings. The smallest absolute Gasteiger partial charge is 0.220 e. The van der Waals surface area contributed by atoms with Crippen molar-refractivity contribution in [1.82, 2.24) is 5.32 Å². The van der Waals surface area contributed by atoms with Gasteiger partial charge in [0.15, 0.2) is 0 Å². The van der Waals surface area contributed by atoms with Crippen LogP contribution in [0.1, 0.15) is 258 Å². The molecule has 4 N–H and O–H groups in total. The van der Waals surface area contributed by atoms with E-state index in [9.17, 15) is 20.1 Å². The van der Waals surface area contributed by atoms with Gasteiger partial charge in [0.25, 0.3) is 0 Å². The first kappa shape index (κ1) is 52.8. The second-order valence-corrected chi connectivity index (χ2v) is 16.6. The molecule has 54 heavy (non-hydrogen) atoms. The van der Waals surface area contributed by atoms with Crippen LogP contribution in [0.5, 0.6) is 0 Å². The highest BCUT2D eigenvalue weighted by Gasteiger charge is 2.26. The molecule has 0 saturated carbocycles. The number of hydrogen-bond acceptors (Lipinski definition) is 4. The van der Waals surface area contributed by atoms with Crippen molar-refractivity contribution in [2.75, 3.05) is 6.61 Å². The topological polar surface area (TPSA) is 89.8 Å². The summed E-state index contributed by atoms with van der Waals surface area (Å²) in [4.78, 5) is 12.5. The second-order valence-electron chi connectivity index (χ2n) is 16.6. The monoisotopic (exact) mass is 762 g/mol. The number of nitrogens with one attached hydrogen (secondary N) is 1. The van der Waals surface area contributed by atoms with Crippen LogP contribution in [0.25, 0.3) is 0 Å². The Kier molecular flexibility index (Phi) is 43.6. The van der Waals surface area contributed by atoms with Gasteiger partial charge in [-0.05, 0) is 38.5 Å². The summed E-state index contributed by atoms with van der Waals surface area (Å²) in [5, 5.41) is 33.7. The highest BCUT2D eigenvalue weighted by molar-refractivity contribution is 5.76. The SMILES string of the molecule is CC/C=C\C/C=C\CCCCCCCCCCCCCCCCC(=O)NC(CO)C(O)C(O)CCCCCCCCCCCCCCCCCCCCC. The van der Waals surface area contributed by atoms with Crippen LogP contribution in [0, 0.1) is 0 Å². The lowest BCUT2D eigenvalue weighted by atomic mass is 9.99. The third kappa shape index (κ3) is 39.1. The minimum atomic E-state index is -1.13. The zero-order chi connectivity index (χ0) is 39.4. The fourth-order valence-corrected chi connectivity index (χ4v) is 7.61. The predicted octanol–water partition coefficient (Wildman–Crippen LogP) is 14.2. The molecule has 0 radical (unpaired) electrons. The molecular formula is C49H95NO4. The van der Waals surface area contributed by atoms with E-state index in [2.05, 4.69) is 43.5 Å².